The molecule has 0 radical (unpaired) electrons. The highest BCUT2D eigenvalue weighted by molar-refractivity contribution is 5.95. The average molecular weight is 438 g/mol. The summed E-state index contributed by atoms with van der Waals surface area (Å²) < 4.78 is 1.77. The Morgan fingerprint density at radius 2 is 1.94 bits per heavy atom. The molecule has 0 N–H and O–H groups in total. The molecular weight excluding hydrogens is 410 g/mol. The number of carbonyl (C=O) groups excluding carboxylic acids is 1. The number of amides is 1. The Hall–Kier alpha value is -3.80. The third-order valence-electron chi connectivity index (χ3n) is 6.23. The molecule has 1 saturated heterocycles. The van der Waals surface area contributed by atoms with Crippen molar-refractivity contribution in [3.05, 3.63) is 95.8 Å². The van der Waals surface area contributed by atoms with Crippen LogP contribution in [-0.4, -0.2) is 43.6 Å². The van der Waals surface area contributed by atoms with Crippen LogP contribution in [0.5, 0.6) is 0 Å². The number of aryl methyl sites for hydroxylation is 2. The van der Waals surface area contributed by atoms with Crippen LogP contribution in [0.4, 0.5) is 0 Å². The molecule has 0 aliphatic carbocycles. The lowest BCUT2D eigenvalue weighted by Crippen LogP contribution is -2.39. The number of aromatic nitrogens is 4. The fourth-order valence-corrected chi connectivity index (χ4v) is 4.60. The lowest BCUT2D eigenvalue weighted by molar-refractivity contribution is 0.0706. The minimum atomic E-state index is 0.0524. The topological polar surface area (TPSA) is 63.9 Å². The van der Waals surface area contributed by atoms with Crippen molar-refractivity contribution in [3.63, 3.8) is 0 Å². The molecular formula is C27H27N5O. The van der Waals surface area contributed by atoms with Crippen molar-refractivity contribution in [2.75, 3.05) is 13.1 Å². The number of piperidine rings is 1. The zero-order valence-electron chi connectivity index (χ0n) is 19.0. The van der Waals surface area contributed by atoms with Gasteiger partial charge in [-0.3, -0.25) is 4.79 Å². The summed E-state index contributed by atoms with van der Waals surface area (Å²) in [7, 11) is 0. The lowest BCUT2D eigenvalue weighted by Gasteiger charge is -2.33. The Bertz CT molecular complexity index is 1280. The normalized spacial score (nSPS) is 16.1. The van der Waals surface area contributed by atoms with Gasteiger partial charge >= 0.3 is 0 Å². The summed E-state index contributed by atoms with van der Waals surface area (Å²) in [5, 5.41) is 4.28. The van der Waals surface area contributed by atoms with E-state index in [2.05, 4.69) is 41.3 Å². The van der Waals surface area contributed by atoms with Crippen LogP contribution in [0, 0.1) is 13.8 Å². The van der Waals surface area contributed by atoms with Gasteiger partial charge in [0.2, 0.25) is 0 Å². The molecule has 0 saturated carbocycles. The molecule has 1 fully saturated rings. The van der Waals surface area contributed by atoms with Crippen molar-refractivity contribution in [3.8, 4) is 16.8 Å². The SMILES string of the molecule is Cc1cccc(-c2cnc(C)nc2[C@@H]2CCCN(C(=O)c3cccc(-n4cccn4)c3)C2)c1. The smallest absolute Gasteiger partial charge is 0.253 e. The number of nitrogens with zero attached hydrogens (tertiary/aromatic N) is 5. The van der Waals surface area contributed by atoms with Gasteiger partial charge in [0.25, 0.3) is 5.91 Å². The van der Waals surface area contributed by atoms with Crippen LogP contribution in [0.1, 0.15) is 46.2 Å². The van der Waals surface area contributed by atoms with Gasteiger partial charge in [-0.15, -0.1) is 0 Å². The first-order chi connectivity index (χ1) is 16.1. The molecule has 1 aliphatic rings. The average Bonchev–Trinajstić information content (AvgIpc) is 3.39. The summed E-state index contributed by atoms with van der Waals surface area (Å²) in [6.07, 6.45) is 7.50. The van der Waals surface area contributed by atoms with E-state index in [1.54, 1.807) is 10.9 Å². The molecule has 6 nitrogen and oxygen atoms in total. The molecule has 2 aromatic carbocycles. The Labute approximate surface area is 193 Å². The van der Waals surface area contributed by atoms with Crippen molar-refractivity contribution < 1.29 is 4.79 Å². The zero-order valence-corrected chi connectivity index (χ0v) is 19.0. The largest absolute Gasteiger partial charge is 0.338 e. The first-order valence-electron chi connectivity index (χ1n) is 11.4. The van der Waals surface area contributed by atoms with E-state index < -0.39 is 0 Å². The predicted molar refractivity (Wildman–Crippen MR) is 128 cm³/mol. The van der Waals surface area contributed by atoms with E-state index in [0.717, 1.165) is 47.7 Å². The number of rotatable bonds is 4. The van der Waals surface area contributed by atoms with E-state index in [4.69, 9.17) is 4.98 Å². The molecule has 2 aromatic heterocycles. The second kappa shape index (κ2) is 8.98. The molecule has 5 rings (SSSR count). The Balaban J connectivity index is 1.43. The van der Waals surface area contributed by atoms with Crippen LogP contribution < -0.4 is 0 Å². The van der Waals surface area contributed by atoms with Crippen molar-refractivity contribution in [2.45, 2.75) is 32.6 Å². The summed E-state index contributed by atoms with van der Waals surface area (Å²) in [5.41, 5.74) is 5.99. The molecule has 6 heteroatoms. The van der Waals surface area contributed by atoms with E-state index in [9.17, 15) is 4.79 Å². The van der Waals surface area contributed by atoms with Crippen LogP contribution in [0.15, 0.2) is 73.2 Å². The monoisotopic (exact) mass is 437 g/mol. The van der Waals surface area contributed by atoms with E-state index in [1.807, 2.05) is 54.5 Å². The lowest BCUT2D eigenvalue weighted by atomic mass is 9.89. The number of hydrogen-bond acceptors (Lipinski definition) is 4. The van der Waals surface area contributed by atoms with Gasteiger partial charge in [0, 0.05) is 48.7 Å². The minimum Gasteiger partial charge on any atom is -0.338 e. The maximum atomic E-state index is 13.4. The molecule has 1 amide bonds. The number of benzene rings is 2. The van der Waals surface area contributed by atoms with Gasteiger partial charge in [-0.25, -0.2) is 14.6 Å². The van der Waals surface area contributed by atoms with E-state index in [-0.39, 0.29) is 11.8 Å². The molecule has 0 bridgehead atoms. The zero-order chi connectivity index (χ0) is 22.8. The van der Waals surface area contributed by atoms with Crippen LogP contribution in [0.3, 0.4) is 0 Å². The number of likely N-dealkylation sites (tertiary alicyclic amines) is 1. The molecule has 0 spiro atoms. The van der Waals surface area contributed by atoms with Crippen molar-refractivity contribution >= 4 is 5.91 Å². The van der Waals surface area contributed by atoms with Crippen LogP contribution in [-0.2, 0) is 0 Å². The van der Waals surface area contributed by atoms with Gasteiger partial charge in [-0.1, -0.05) is 35.9 Å². The Morgan fingerprint density at radius 1 is 1.06 bits per heavy atom. The van der Waals surface area contributed by atoms with Gasteiger partial charge in [-0.05, 0) is 56.5 Å². The summed E-state index contributed by atoms with van der Waals surface area (Å²) in [5.74, 6) is 0.988. The first-order valence-corrected chi connectivity index (χ1v) is 11.4. The quantitative estimate of drug-likeness (QED) is 0.452. The maximum absolute atomic E-state index is 13.4. The fraction of sp³-hybridized carbons (Fsp3) is 0.259. The highest BCUT2D eigenvalue weighted by Crippen LogP contribution is 2.33. The molecule has 33 heavy (non-hydrogen) atoms. The van der Waals surface area contributed by atoms with E-state index >= 15 is 0 Å². The number of hydrogen-bond donors (Lipinski definition) is 0. The van der Waals surface area contributed by atoms with Crippen LogP contribution in [0.2, 0.25) is 0 Å². The van der Waals surface area contributed by atoms with Crippen LogP contribution >= 0.6 is 0 Å². The predicted octanol–water partition coefficient (Wildman–Crippen LogP) is 4.97. The summed E-state index contributed by atoms with van der Waals surface area (Å²) in [4.78, 5) is 24.7. The molecule has 166 valence electrons. The maximum Gasteiger partial charge on any atom is 0.253 e. The molecule has 1 atom stereocenters. The third kappa shape index (κ3) is 4.42. The molecule has 0 unspecified atom stereocenters. The summed E-state index contributed by atoms with van der Waals surface area (Å²) >= 11 is 0. The molecule has 3 heterocycles. The second-order valence-electron chi connectivity index (χ2n) is 8.68. The summed E-state index contributed by atoms with van der Waals surface area (Å²) in [6.45, 7) is 5.43. The van der Waals surface area contributed by atoms with Gasteiger partial charge in [0.1, 0.15) is 5.82 Å². The highest BCUT2D eigenvalue weighted by Gasteiger charge is 2.28. The van der Waals surface area contributed by atoms with Crippen LogP contribution in [0.25, 0.3) is 16.8 Å². The minimum absolute atomic E-state index is 0.0524. The standard InChI is InChI=1S/C27H27N5O/c1-19-7-3-8-21(15-19)25-17-28-20(2)30-26(25)23-10-5-13-31(18-23)27(33)22-9-4-11-24(16-22)32-14-6-12-29-32/h3-4,6-9,11-12,14-17,23H,5,10,13,18H2,1-2H3/t23-/m1/s1. The summed E-state index contributed by atoms with van der Waals surface area (Å²) in [6, 6.07) is 18.0. The van der Waals surface area contributed by atoms with E-state index in [1.165, 1.54) is 5.56 Å². The number of carbonyl (C=O) groups is 1. The van der Waals surface area contributed by atoms with Crippen molar-refractivity contribution in [1.29, 1.82) is 0 Å². The third-order valence-corrected chi connectivity index (χ3v) is 6.23. The Kier molecular flexibility index (Phi) is 5.73. The van der Waals surface area contributed by atoms with Gasteiger partial charge in [-0.2, -0.15) is 5.10 Å². The highest BCUT2D eigenvalue weighted by atomic mass is 16.2. The van der Waals surface area contributed by atoms with Gasteiger partial charge in [0.15, 0.2) is 0 Å². The molecule has 1 aliphatic heterocycles. The van der Waals surface area contributed by atoms with Gasteiger partial charge < -0.3 is 4.90 Å². The Morgan fingerprint density at radius 3 is 2.76 bits per heavy atom. The van der Waals surface area contributed by atoms with Crippen molar-refractivity contribution in [2.24, 2.45) is 0 Å². The van der Waals surface area contributed by atoms with Crippen molar-refractivity contribution in [1.82, 2.24) is 24.6 Å². The molecule has 4 aromatic rings. The first kappa shape index (κ1) is 21.1. The fourth-order valence-electron chi connectivity index (χ4n) is 4.60. The van der Waals surface area contributed by atoms with Gasteiger partial charge in [0.05, 0.1) is 11.4 Å². The van der Waals surface area contributed by atoms with E-state index in [0.29, 0.717) is 12.1 Å². The second-order valence-corrected chi connectivity index (χ2v) is 8.68.